The standard InChI is InChI=1S/C20H29N3O2S/c1-15-6-4-5-7-18(15)26-14-20(25)23-11-16-8-9-17(23)12-22(10-16)13-19(24)21(2)3/h4-7,16-17H,8-14H2,1-3H3/t16-,17+/m0/s1. The molecule has 0 N–H and O–H groups in total. The Morgan fingerprint density at radius 2 is 1.92 bits per heavy atom. The highest BCUT2D eigenvalue weighted by Crippen LogP contribution is 2.29. The number of carbonyl (C=O) groups is 2. The van der Waals surface area contributed by atoms with Gasteiger partial charge in [0.25, 0.3) is 0 Å². The summed E-state index contributed by atoms with van der Waals surface area (Å²) in [5.74, 6) is 1.34. The van der Waals surface area contributed by atoms with Crippen LogP contribution in [0.3, 0.4) is 0 Å². The van der Waals surface area contributed by atoms with E-state index in [4.69, 9.17) is 0 Å². The first-order valence-corrected chi connectivity index (χ1v) is 10.3. The normalized spacial score (nSPS) is 23.0. The minimum atomic E-state index is 0.138. The summed E-state index contributed by atoms with van der Waals surface area (Å²) in [5.41, 5.74) is 1.22. The summed E-state index contributed by atoms with van der Waals surface area (Å²) >= 11 is 1.63. The minimum absolute atomic E-state index is 0.138. The number of piperidine rings is 1. The van der Waals surface area contributed by atoms with Crippen molar-refractivity contribution in [2.75, 3.05) is 46.0 Å². The molecule has 2 bridgehead atoms. The molecule has 5 nitrogen and oxygen atoms in total. The molecule has 3 saturated heterocycles. The van der Waals surface area contributed by atoms with Crippen LogP contribution in [-0.4, -0.2) is 78.6 Å². The van der Waals surface area contributed by atoms with E-state index < -0.39 is 0 Å². The van der Waals surface area contributed by atoms with E-state index in [9.17, 15) is 9.59 Å². The predicted molar refractivity (Wildman–Crippen MR) is 105 cm³/mol. The van der Waals surface area contributed by atoms with E-state index in [0.29, 0.717) is 18.2 Å². The average molecular weight is 376 g/mol. The maximum Gasteiger partial charge on any atom is 0.236 e. The summed E-state index contributed by atoms with van der Waals surface area (Å²) in [5, 5.41) is 0. The van der Waals surface area contributed by atoms with Crippen LogP contribution in [-0.2, 0) is 9.59 Å². The molecule has 3 aliphatic rings. The maximum absolute atomic E-state index is 12.9. The van der Waals surface area contributed by atoms with Gasteiger partial charge in [0.05, 0.1) is 12.3 Å². The van der Waals surface area contributed by atoms with Crippen molar-refractivity contribution in [3.63, 3.8) is 0 Å². The Morgan fingerprint density at radius 1 is 1.15 bits per heavy atom. The summed E-state index contributed by atoms with van der Waals surface area (Å²) in [4.78, 5) is 32.1. The number of aryl methyl sites for hydroxylation is 1. The van der Waals surface area contributed by atoms with Gasteiger partial charge in [-0.05, 0) is 37.3 Å². The lowest BCUT2D eigenvalue weighted by Crippen LogP contribution is -2.48. The van der Waals surface area contributed by atoms with Crippen molar-refractivity contribution in [3.05, 3.63) is 29.8 Å². The second-order valence-electron chi connectivity index (χ2n) is 7.68. The molecule has 0 radical (unpaired) electrons. The number of benzene rings is 1. The van der Waals surface area contributed by atoms with Crippen LogP contribution in [0.4, 0.5) is 0 Å². The van der Waals surface area contributed by atoms with Crippen LogP contribution in [0.1, 0.15) is 18.4 Å². The molecule has 3 fully saturated rings. The van der Waals surface area contributed by atoms with E-state index in [0.717, 1.165) is 32.5 Å². The molecule has 0 unspecified atom stereocenters. The zero-order valence-corrected chi connectivity index (χ0v) is 16.8. The molecule has 26 heavy (non-hydrogen) atoms. The molecule has 0 aliphatic carbocycles. The van der Waals surface area contributed by atoms with E-state index >= 15 is 0 Å². The fourth-order valence-electron chi connectivity index (χ4n) is 3.89. The van der Waals surface area contributed by atoms with Crippen molar-refractivity contribution in [1.29, 1.82) is 0 Å². The summed E-state index contributed by atoms with van der Waals surface area (Å²) < 4.78 is 0. The van der Waals surface area contributed by atoms with Crippen molar-refractivity contribution in [2.24, 2.45) is 5.92 Å². The molecular weight excluding hydrogens is 346 g/mol. The van der Waals surface area contributed by atoms with Gasteiger partial charge in [-0.25, -0.2) is 0 Å². The molecule has 1 aromatic rings. The minimum Gasteiger partial charge on any atom is -0.348 e. The lowest BCUT2D eigenvalue weighted by atomic mass is 9.95. The number of amides is 2. The molecule has 4 rings (SSSR count). The van der Waals surface area contributed by atoms with Crippen molar-refractivity contribution in [3.8, 4) is 0 Å². The second-order valence-corrected chi connectivity index (χ2v) is 8.70. The van der Waals surface area contributed by atoms with Gasteiger partial charge in [-0.3, -0.25) is 14.5 Å². The first kappa shape index (κ1) is 19.2. The lowest BCUT2D eigenvalue weighted by molar-refractivity contribution is -0.132. The van der Waals surface area contributed by atoms with Crippen LogP contribution in [0.5, 0.6) is 0 Å². The number of carbonyl (C=O) groups excluding carboxylic acids is 2. The predicted octanol–water partition coefficient (Wildman–Crippen LogP) is 2.10. The Bertz CT molecular complexity index is 664. The second kappa shape index (κ2) is 8.44. The fourth-order valence-corrected chi connectivity index (χ4v) is 4.80. The van der Waals surface area contributed by atoms with E-state index in [2.05, 4.69) is 28.9 Å². The highest BCUT2D eigenvalue weighted by molar-refractivity contribution is 8.00. The maximum atomic E-state index is 12.9. The molecule has 0 aromatic heterocycles. The first-order chi connectivity index (χ1) is 12.4. The van der Waals surface area contributed by atoms with Gasteiger partial charge in [0, 0.05) is 44.7 Å². The van der Waals surface area contributed by atoms with Crippen molar-refractivity contribution >= 4 is 23.6 Å². The quantitative estimate of drug-likeness (QED) is 0.740. The average Bonchev–Trinajstić information content (AvgIpc) is 2.91. The van der Waals surface area contributed by atoms with E-state index in [1.807, 2.05) is 12.1 Å². The number of hydrogen-bond donors (Lipinski definition) is 0. The summed E-state index contributed by atoms with van der Waals surface area (Å²) in [6.07, 6.45) is 2.21. The van der Waals surface area contributed by atoms with E-state index in [1.54, 1.807) is 30.8 Å². The zero-order valence-electron chi connectivity index (χ0n) is 16.0. The van der Waals surface area contributed by atoms with Gasteiger partial charge in [0.15, 0.2) is 0 Å². The molecule has 6 heteroatoms. The summed E-state index contributed by atoms with van der Waals surface area (Å²) in [6, 6.07) is 8.46. The zero-order chi connectivity index (χ0) is 18.7. The number of nitrogens with zero attached hydrogens (tertiary/aromatic N) is 3. The molecule has 3 aliphatic heterocycles. The number of fused-ring (bicyclic) bond motifs is 4. The van der Waals surface area contributed by atoms with Gasteiger partial charge >= 0.3 is 0 Å². The number of thioether (sulfide) groups is 1. The molecule has 2 atom stereocenters. The van der Waals surface area contributed by atoms with Crippen LogP contribution in [0.2, 0.25) is 0 Å². The third kappa shape index (κ3) is 4.60. The van der Waals surface area contributed by atoms with Gasteiger partial charge < -0.3 is 9.80 Å². The van der Waals surface area contributed by atoms with Crippen LogP contribution in [0.15, 0.2) is 29.2 Å². The molecule has 3 heterocycles. The Hall–Kier alpha value is -1.53. The number of hydrogen-bond acceptors (Lipinski definition) is 4. The Kier molecular flexibility index (Phi) is 6.24. The van der Waals surface area contributed by atoms with Crippen molar-refractivity contribution in [1.82, 2.24) is 14.7 Å². The molecular formula is C20H29N3O2S. The SMILES string of the molecule is Cc1ccccc1SCC(=O)N1C[C@H]2CC[C@@H]1CN(CC(=O)N(C)C)C2. The Labute approximate surface area is 160 Å². The molecule has 0 saturated carbocycles. The topological polar surface area (TPSA) is 43.9 Å². The summed E-state index contributed by atoms with van der Waals surface area (Å²) in [7, 11) is 3.60. The summed E-state index contributed by atoms with van der Waals surface area (Å²) in [6.45, 7) is 5.12. The molecule has 1 aromatic carbocycles. The highest BCUT2D eigenvalue weighted by atomic mass is 32.2. The Morgan fingerprint density at radius 3 is 2.65 bits per heavy atom. The van der Waals surface area contributed by atoms with Crippen molar-refractivity contribution < 1.29 is 9.59 Å². The number of likely N-dealkylation sites (N-methyl/N-ethyl adjacent to an activating group) is 1. The monoisotopic (exact) mass is 375 g/mol. The van der Waals surface area contributed by atoms with Crippen molar-refractivity contribution in [2.45, 2.75) is 30.7 Å². The number of rotatable bonds is 5. The van der Waals surface area contributed by atoms with Gasteiger partial charge in [-0.15, -0.1) is 11.8 Å². The van der Waals surface area contributed by atoms with Gasteiger partial charge in [-0.1, -0.05) is 18.2 Å². The van der Waals surface area contributed by atoms with Gasteiger partial charge in [-0.2, -0.15) is 0 Å². The first-order valence-electron chi connectivity index (χ1n) is 9.34. The highest BCUT2D eigenvalue weighted by Gasteiger charge is 2.37. The third-order valence-corrected chi connectivity index (χ3v) is 6.57. The molecule has 0 spiro atoms. The third-order valence-electron chi connectivity index (χ3n) is 5.41. The smallest absolute Gasteiger partial charge is 0.236 e. The lowest BCUT2D eigenvalue weighted by Gasteiger charge is -2.36. The Balaban J connectivity index is 1.60. The van der Waals surface area contributed by atoms with Crippen LogP contribution in [0.25, 0.3) is 0 Å². The van der Waals surface area contributed by atoms with Crippen LogP contribution in [0, 0.1) is 12.8 Å². The van der Waals surface area contributed by atoms with E-state index in [-0.39, 0.29) is 17.9 Å². The molecule has 2 amide bonds. The van der Waals surface area contributed by atoms with Gasteiger partial charge in [0.2, 0.25) is 11.8 Å². The van der Waals surface area contributed by atoms with Crippen LogP contribution < -0.4 is 0 Å². The van der Waals surface area contributed by atoms with Crippen LogP contribution >= 0.6 is 11.8 Å². The fraction of sp³-hybridized carbons (Fsp3) is 0.600. The molecule has 142 valence electrons. The largest absolute Gasteiger partial charge is 0.348 e. The van der Waals surface area contributed by atoms with E-state index in [1.165, 1.54) is 10.5 Å². The van der Waals surface area contributed by atoms with Gasteiger partial charge in [0.1, 0.15) is 0 Å².